The van der Waals surface area contributed by atoms with E-state index in [2.05, 4.69) is 20.3 Å². The average Bonchev–Trinajstić information content (AvgIpc) is 2.73. The number of pyridine rings is 1. The van der Waals surface area contributed by atoms with Gasteiger partial charge in [-0.3, -0.25) is 0 Å². The summed E-state index contributed by atoms with van der Waals surface area (Å²) in [6, 6.07) is 12.0. The molecule has 0 bridgehead atoms. The molecule has 2 aromatic heterocycles. The van der Waals surface area contributed by atoms with E-state index in [1.807, 2.05) is 22.6 Å². The minimum Gasteiger partial charge on any atom is -0.454 e. The molecule has 0 fully saturated rings. The van der Waals surface area contributed by atoms with Crippen molar-refractivity contribution in [3.8, 4) is 22.8 Å². The Morgan fingerprint density at radius 3 is 2.35 bits per heavy atom. The fourth-order valence-electron chi connectivity index (χ4n) is 3.08. The van der Waals surface area contributed by atoms with E-state index in [1.54, 1.807) is 13.1 Å². The monoisotopic (exact) mass is 540 g/mol. The van der Waals surface area contributed by atoms with Gasteiger partial charge in [0.05, 0.1) is 22.2 Å². The Hall–Kier alpha value is -3.02. The predicted molar refractivity (Wildman–Crippen MR) is 117 cm³/mol. The third-order valence-electron chi connectivity index (χ3n) is 4.41. The number of aromatic nitrogens is 3. The van der Waals surface area contributed by atoms with Crippen LogP contribution in [0.2, 0.25) is 0 Å². The largest absolute Gasteiger partial charge is 0.454 e. The van der Waals surface area contributed by atoms with Gasteiger partial charge in [0.2, 0.25) is 0 Å². The van der Waals surface area contributed by atoms with Crippen LogP contribution >= 0.6 is 22.6 Å². The van der Waals surface area contributed by atoms with E-state index in [0.29, 0.717) is 15.0 Å². The summed E-state index contributed by atoms with van der Waals surface area (Å²) in [7, 11) is 1.67. The van der Waals surface area contributed by atoms with Crippen molar-refractivity contribution in [2.45, 2.75) is 6.18 Å². The van der Waals surface area contributed by atoms with Crippen molar-refractivity contribution in [1.29, 1.82) is 0 Å². The molecule has 4 rings (SSSR count). The number of hydrogen-bond acceptors (Lipinski definition) is 5. The number of nitrogens with one attached hydrogen (secondary N) is 1. The molecular formula is C21H13F4IN4O. The second kappa shape index (κ2) is 8.25. The Balaban J connectivity index is 1.95. The molecular weight excluding hydrogens is 527 g/mol. The first-order chi connectivity index (χ1) is 14.8. The van der Waals surface area contributed by atoms with E-state index in [0.717, 1.165) is 12.1 Å². The second-order valence-corrected chi connectivity index (χ2v) is 7.33. The molecule has 158 valence electrons. The van der Waals surface area contributed by atoms with Gasteiger partial charge in [-0.05, 0) is 36.4 Å². The second-order valence-electron chi connectivity index (χ2n) is 6.37. The molecule has 1 N–H and O–H groups in total. The van der Waals surface area contributed by atoms with Crippen LogP contribution in [0.3, 0.4) is 0 Å². The lowest BCUT2D eigenvalue weighted by Gasteiger charge is -2.17. The van der Waals surface area contributed by atoms with Gasteiger partial charge in [0.25, 0.3) is 0 Å². The topological polar surface area (TPSA) is 59.9 Å². The van der Waals surface area contributed by atoms with E-state index >= 15 is 0 Å². The molecule has 0 spiro atoms. The van der Waals surface area contributed by atoms with Gasteiger partial charge in [0.1, 0.15) is 11.6 Å². The van der Waals surface area contributed by atoms with Crippen molar-refractivity contribution in [2.75, 3.05) is 12.4 Å². The van der Waals surface area contributed by atoms with Crippen LogP contribution in [-0.2, 0) is 6.18 Å². The zero-order valence-electron chi connectivity index (χ0n) is 15.8. The summed E-state index contributed by atoms with van der Waals surface area (Å²) >= 11 is 1.90. The third-order valence-corrected chi connectivity index (χ3v) is 4.90. The summed E-state index contributed by atoms with van der Waals surface area (Å²) < 4.78 is 61.5. The Kier molecular flexibility index (Phi) is 5.65. The highest BCUT2D eigenvalue weighted by Crippen LogP contribution is 2.43. The summed E-state index contributed by atoms with van der Waals surface area (Å²) in [5.74, 6) is -0.568. The standard InChI is InChI=1S/C21H13F4IN4O/c1-27-18-11-9-10-14(28-19(11)30-20(26)29-18)17-12(21(23,24)25)5-4-8-16(17)31-15-7-3-2-6-13(15)22/h2-10H,1H3,(H,27,28,29,30). The van der Waals surface area contributed by atoms with Gasteiger partial charge >= 0.3 is 6.18 Å². The van der Waals surface area contributed by atoms with Crippen molar-refractivity contribution in [3.63, 3.8) is 0 Å². The number of anilines is 1. The van der Waals surface area contributed by atoms with E-state index in [1.165, 1.54) is 36.4 Å². The van der Waals surface area contributed by atoms with Gasteiger partial charge in [-0.25, -0.2) is 19.3 Å². The number of hydrogen-bond donors (Lipinski definition) is 1. The van der Waals surface area contributed by atoms with Crippen molar-refractivity contribution in [1.82, 2.24) is 15.0 Å². The fraction of sp³-hybridized carbons (Fsp3) is 0.0952. The first kappa shape index (κ1) is 21.2. The molecule has 0 aliphatic rings. The quantitative estimate of drug-likeness (QED) is 0.188. The number of alkyl halides is 3. The summed E-state index contributed by atoms with van der Waals surface area (Å²) in [6.45, 7) is 0. The summed E-state index contributed by atoms with van der Waals surface area (Å²) in [6.07, 6.45) is -4.68. The minimum absolute atomic E-state index is 0.0108. The van der Waals surface area contributed by atoms with Gasteiger partial charge in [-0.15, -0.1) is 0 Å². The highest BCUT2D eigenvalue weighted by molar-refractivity contribution is 14.1. The lowest BCUT2D eigenvalue weighted by molar-refractivity contribution is -0.137. The van der Waals surface area contributed by atoms with Crippen LogP contribution in [0.15, 0.2) is 54.6 Å². The lowest BCUT2D eigenvalue weighted by atomic mass is 10.0. The molecule has 0 unspecified atom stereocenters. The van der Waals surface area contributed by atoms with Crippen LogP contribution in [-0.4, -0.2) is 22.0 Å². The molecule has 5 nitrogen and oxygen atoms in total. The molecule has 0 amide bonds. The Morgan fingerprint density at radius 1 is 0.903 bits per heavy atom. The van der Waals surface area contributed by atoms with Crippen molar-refractivity contribution in [3.05, 3.63) is 69.8 Å². The minimum atomic E-state index is -4.68. The smallest absolute Gasteiger partial charge is 0.417 e. The summed E-state index contributed by atoms with van der Waals surface area (Å²) in [5.41, 5.74) is -1.05. The van der Waals surface area contributed by atoms with Crippen LogP contribution in [0.5, 0.6) is 11.5 Å². The molecule has 0 radical (unpaired) electrons. The van der Waals surface area contributed by atoms with E-state index in [-0.39, 0.29) is 28.4 Å². The molecule has 0 aliphatic heterocycles. The molecule has 0 atom stereocenters. The van der Waals surface area contributed by atoms with Gasteiger partial charge in [0, 0.05) is 29.6 Å². The molecule has 10 heteroatoms. The van der Waals surface area contributed by atoms with Gasteiger partial charge in [-0.2, -0.15) is 13.2 Å². The number of ether oxygens (including phenoxy) is 1. The maximum Gasteiger partial charge on any atom is 0.417 e. The lowest BCUT2D eigenvalue weighted by Crippen LogP contribution is -2.09. The molecule has 0 aliphatic carbocycles. The van der Waals surface area contributed by atoms with Crippen molar-refractivity contribution < 1.29 is 22.3 Å². The van der Waals surface area contributed by atoms with E-state index < -0.39 is 17.6 Å². The van der Waals surface area contributed by atoms with E-state index in [9.17, 15) is 17.6 Å². The molecule has 0 saturated carbocycles. The number of nitrogens with zero attached hydrogens (tertiary/aromatic N) is 3. The molecule has 2 heterocycles. The molecule has 0 saturated heterocycles. The zero-order chi connectivity index (χ0) is 22.2. The third kappa shape index (κ3) is 4.24. The molecule has 31 heavy (non-hydrogen) atoms. The van der Waals surface area contributed by atoms with Gasteiger partial charge in [-0.1, -0.05) is 18.2 Å². The van der Waals surface area contributed by atoms with E-state index in [4.69, 9.17) is 4.74 Å². The summed E-state index contributed by atoms with van der Waals surface area (Å²) in [4.78, 5) is 12.8. The van der Waals surface area contributed by atoms with Crippen LogP contribution in [0.4, 0.5) is 23.4 Å². The number of fused-ring (bicyclic) bond motifs is 1. The Morgan fingerprint density at radius 2 is 1.65 bits per heavy atom. The number of rotatable bonds is 4. The Bertz CT molecular complexity index is 1280. The number of halogens is 5. The fourth-order valence-corrected chi connectivity index (χ4v) is 3.55. The number of para-hydroxylation sites is 1. The van der Waals surface area contributed by atoms with Crippen LogP contribution in [0, 0.1) is 9.65 Å². The average molecular weight is 540 g/mol. The first-order valence-corrected chi connectivity index (χ1v) is 10.0. The first-order valence-electron chi connectivity index (χ1n) is 8.93. The Labute approximate surface area is 187 Å². The summed E-state index contributed by atoms with van der Waals surface area (Å²) in [5, 5.41) is 3.46. The highest BCUT2D eigenvalue weighted by atomic mass is 127. The predicted octanol–water partition coefficient (Wildman–Crippen LogP) is 6.29. The maximum absolute atomic E-state index is 14.1. The number of benzene rings is 2. The molecule has 4 aromatic rings. The van der Waals surface area contributed by atoms with Crippen LogP contribution < -0.4 is 10.1 Å². The van der Waals surface area contributed by atoms with Gasteiger partial charge < -0.3 is 10.1 Å². The zero-order valence-corrected chi connectivity index (χ0v) is 18.0. The van der Waals surface area contributed by atoms with Crippen LogP contribution in [0.1, 0.15) is 5.56 Å². The molecule has 2 aromatic carbocycles. The normalized spacial score (nSPS) is 11.5. The van der Waals surface area contributed by atoms with Crippen molar-refractivity contribution >= 4 is 39.4 Å². The SMILES string of the molecule is CNc1nc(I)nc2nc(-c3c(Oc4ccccc4F)cccc3C(F)(F)F)ccc12. The van der Waals surface area contributed by atoms with Crippen LogP contribution in [0.25, 0.3) is 22.3 Å². The van der Waals surface area contributed by atoms with Gasteiger partial charge in [0.15, 0.2) is 21.0 Å². The van der Waals surface area contributed by atoms with Crippen molar-refractivity contribution in [2.24, 2.45) is 0 Å². The highest BCUT2D eigenvalue weighted by Gasteiger charge is 2.36. The maximum atomic E-state index is 14.1.